The summed E-state index contributed by atoms with van der Waals surface area (Å²) in [6.45, 7) is 0.525. The highest BCUT2D eigenvalue weighted by atomic mass is 19.1. The molecule has 0 atom stereocenters. The van der Waals surface area contributed by atoms with Crippen molar-refractivity contribution < 1.29 is 14.3 Å². The molecule has 4 heteroatoms. The standard InChI is InChI=1S/C15H14FNO2/c16-13-7-4-8-14(12(13)9-15(18)19)17-10-11-5-2-1-3-6-11/h1-8,17H,9-10H2,(H,18,19). The van der Waals surface area contributed by atoms with Crippen LogP contribution >= 0.6 is 0 Å². The van der Waals surface area contributed by atoms with Crippen LogP contribution in [-0.2, 0) is 17.8 Å². The summed E-state index contributed by atoms with van der Waals surface area (Å²) >= 11 is 0. The van der Waals surface area contributed by atoms with E-state index in [1.54, 1.807) is 12.1 Å². The minimum atomic E-state index is -1.05. The van der Waals surface area contributed by atoms with Gasteiger partial charge < -0.3 is 10.4 Å². The highest BCUT2D eigenvalue weighted by molar-refractivity contribution is 5.73. The van der Waals surface area contributed by atoms with E-state index in [4.69, 9.17) is 5.11 Å². The molecular formula is C15H14FNO2. The lowest BCUT2D eigenvalue weighted by Crippen LogP contribution is -2.08. The fourth-order valence-corrected chi connectivity index (χ4v) is 1.85. The average molecular weight is 259 g/mol. The van der Waals surface area contributed by atoms with Gasteiger partial charge in [0.2, 0.25) is 0 Å². The maximum Gasteiger partial charge on any atom is 0.308 e. The Morgan fingerprint density at radius 1 is 1.11 bits per heavy atom. The van der Waals surface area contributed by atoms with Crippen LogP contribution in [0.1, 0.15) is 11.1 Å². The topological polar surface area (TPSA) is 49.3 Å². The quantitative estimate of drug-likeness (QED) is 0.867. The first kappa shape index (κ1) is 13.1. The van der Waals surface area contributed by atoms with Crippen LogP contribution < -0.4 is 5.32 Å². The number of nitrogens with one attached hydrogen (secondary N) is 1. The number of carboxylic acid groups (broad SMARTS) is 1. The summed E-state index contributed by atoms with van der Waals surface area (Å²) < 4.78 is 13.6. The van der Waals surface area contributed by atoms with Crippen molar-refractivity contribution in [2.75, 3.05) is 5.32 Å². The number of hydrogen-bond donors (Lipinski definition) is 2. The Morgan fingerprint density at radius 2 is 1.84 bits per heavy atom. The van der Waals surface area contributed by atoms with Crippen molar-refractivity contribution in [2.24, 2.45) is 0 Å². The number of carboxylic acids is 1. The summed E-state index contributed by atoms with van der Waals surface area (Å²) in [4.78, 5) is 10.8. The van der Waals surface area contributed by atoms with Gasteiger partial charge in [0, 0.05) is 17.8 Å². The number of aliphatic carboxylic acids is 1. The Balaban J connectivity index is 2.15. The van der Waals surface area contributed by atoms with Crippen molar-refractivity contribution in [3.8, 4) is 0 Å². The monoisotopic (exact) mass is 259 g/mol. The summed E-state index contributed by atoms with van der Waals surface area (Å²) in [6, 6.07) is 14.2. The number of benzene rings is 2. The lowest BCUT2D eigenvalue weighted by molar-refractivity contribution is -0.136. The first-order chi connectivity index (χ1) is 9.16. The molecule has 98 valence electrons. The fourth-order valence-electron chi connectivity index (χ4n) is 1.85. The fraction of sp³-hybridized carbons (Fsp3) is 0.133. The summed E-state index contributed by atoms with van der Waals surface area (Å²) in [5.41, 5.74) is 1.75. The molecule has 3 nitrogen and oxygen atoms in total. The van der Waals surface area contributed by atoms with Gasteiger partial charge >= 0.3 is 5.97 Å². The maximum atomic E-state index is 13.6. The molecule has 0 fully saturated rings. The van der Waals surface area contributed by atoms with Crippen molar-refractivity contribution in [1.29, 1.82) is 0 Å². The van der Waals surface area contributed by atoms with Crippen LogP contribution in [-0.4, -0.2) is 11.1 Å². The first-order valence-corrected chi connectivity index (χ1v) is 5.94. The lowest BCUT2D eigenvalue weighted by Gasteiger charge is -2.11. The Morgan fingerprint density at radius 3 is 2.53 bits per heavy atom. The minimum absolute atomic E-state index is 0.186. The van der Waals surface area contributed by atoms with Gasteiger partial charge in [-0.3, -0.25) is 4.79 Å². The van der Waals surface area contributed by atoms with Crippen molar-refractivity contribution in [3.63, 3.8) is 0 Å². The largest absolute Gasteiger partial charge is 0.481 e. The predicted molar refractivity (Wildman–Crippen MR) is 71.5 cm³/mol. The van der Waals surface area contributed by atoms with Gasteiger partial charge in [-0.25, -0.2) is 4.39 Å². The van der Waals surface area contributed by atoms with Crippen LogP contribution in [0.25, 0.3) is 0 Å². The highest BCUT2D eigenvalue weighted by Crippen LogP contribution is 2.20. The van der Waals surface area contributed by atoms with Gasteiger partial charge in [0.1, 0.15) is 5.82 Å². The Labute approximate surface area is 110 Å². The van der Waals surface area contributed by atoms with E-state index in [0.717, 1.165) is 5.56 Å². The third kappa shape index (κ3) is 3.55. The lowest BCUT2D eigenvalue weighted by atomic mass is 10.1. The molecule has 0 radical (unpaired) electrons. The van der Waals surface area contributed by atoms with Gasteiger partial charge in [0.25, 0.3) is 0 Å². The third-order valence-electron chi connectivity index (χ3n) is 2.77. The smallest absolute Gasteiger partial charge is 0.308 e. The molecule has 2 rings (SSSR count). The molecule has 0 aliphatic carbocycles. The highest BCUT2D eigenvalue weighted by Gasteiger charge is 2.11. The van der Waals surface area contributed by atoms with Crippen LogP contribution in [0.15, 0.2) is 48.5 Å². The molecule has 2 aromatic carbocycles. The molecule has 0 spiro atoms. The Hall–Kier alpha value is -2.36. The van der Waals surface area contributed by atoms with Crippen molar-refractivity contribution >= 4 is 11.7 Å². The molecule has 0 unspecified atom stereocenters. The summed E-state index contributed by atoms with van der Waals surface area (Å²) in [6.07, 6.45) is -0.330. The van der Waals surface area contributed by atoms with E-state index in [1.165, 1.54) is 6.07 Å². The zero-order valence-electron chi connectivity index (χ0n) is 10.3. The summed E-state index contributed by atoms with van der Waals surface area (Å²) in [7, 11) is 0. The van der Waals surface area contributed by atoms with Crippen molar-refractivity contribution in [3.05, 3.63) is 65.5 Å². The van der Waals surface area contributed by atoms with Gasteiger partial charge in [-0.2, -0.15) is 0 Å². The van der Waals surface area contributed by atoms with E-state index in [0.29, 0.717) is 12.2 Å². The Bertz CT molecular complexity index is 570. The summed E-state index contributed by atoms with van der Waals surface area (Å²) in [5.74, 6) is -1.55. The normalized spacial score (nSPS) is 10.2. The van der Waals surface area contributed by atoms with Crippen molar-refractivity contribution in [1.82, 2.24) is 0 Å². The van der Waals surface area contributed by atoms with Gasteiger partial charge in [-0.05, 0) is 17.7 Å². The third-order valence-corrected chi connectivity index (χ3v) is 2.77. The van der Waals surface area contributed by atoms with E-state index >= 15 is 0 Å². The zero-order valence-corrected chi connectivity index (χ0v) is 10.3. The average Bonchev–Trinajstić information content (AvgIpc) is 2.40. The van der Waals surface area contributed by atoms with Crippen LogP contribution in [0, 0.1) is 5.82 Å². The van der Waals surface area contributed by atoms with Crippen molar-refractivity contribution in [2.45, 2.75) is 13.0 Å². The second-order valence-corrected chi connectivity index (χ2v) is 4.18. The summed E-state index contributed by atoms with van der Waals surface area (Å²) in [5, 5.41) is 11.9. The molecule has 0 aromatic heterocycles. The maximum absolute atomic E-state index is 13.6. The van der Waals surface area contributed by atoms with Gasteiger partial charge in [-0.1, -0.05) is 36.4 Å². The van der Waals surface area contributed by atoms with E-state index in [9.17, 15) is 9.18 Å². The SMILES string of the molecule is O=C(O)Cc1c(F)cccc1NCc1ccccc1. The van der Waals surface area contributed by atoms with E-state index in [1.807, 2.05) is 30.3 Å². The van der Waals surface area contributed by atoms with Crippen LogP contribution in [0.4, 0.5) is 10.1 Å². The molecule has 19 heavy (non-hydrogen) atoms. The van der Waals surface area contributed by atoms with E-state index in [-0.39, 0.29) is 12.0 Å². The minimum Gasteiger partial charge on any atom is -0.481 e. The van der Waals surface area contributed by atoms with Gasteiger partial charge in [0.05, 0.1) is 6.42 Å². The van der Waals surface area contributed by atoms with Gasteiger partial charge in [-0.15, -0.1) is 0 Å². The van der Waals surface area contributed by atoms with Gasteiger partial charge in [0.15, 0.2) is 0 Å². The number of halogens is 1. The molecule has 2 N–H and O–H groups in total. The zero-order chi connectivity index (χ0) is 13.7. The van der Waals surface area contributed by atoms with Crippen LogP contribution in [0.5, 0.6) is 0 Å². The van der Waals surface area contributed by atoms with E-state index < -0.39 is 11.8 Å². The number of anilines is 1. The molecule has 0 heterocycles. The number of rotatable bonds is 5. The second-order valence-electron chi connectivity index (χ2n) is 4.18. The molecule has 0 saturated carbocycles. The molecule has 0 bridgehead atoms. The van der Waals surface area contributed by atoms with Crippen LogP contribution in [0.3, 0.4) is 0 Å². The molecular weight excluding hydrogens is 245 g/mol. The molecule has 0 saturated heterocycles. The molecule has 0 amide bonds. The number of carbonyl (C=O) groups is 1. The first-order valence-electron chi connectivity index (χ1n) is 5.94. The predicted octanol–water partition coefficient (Wildman–Crippen LogP) is 3.06. The molecule has 0 aliphatic rings. The Kier molecular flexibility index (Phi) is 4.13. The van der Waals surface area contributed by atoms with E-state index in [2.05, 4.69) is 5.32 Å². The van der Waals surface area contributed by atoms with Crippen LogP contribution in [0.2, 0.25) is 0 Å². The molecule has 2 aromatic rings. The second kappa shape index (κ2) is 6.00. The molecule has 0 aliphatic heterocycles. The number of hydrogen-bond acceptors (Lipinski definition) is 2.